The van der Waals surface area contributed by atoms with Crippen LogP contribution in [0.4, 0.5) is 0 Å². The zero-order valence-electron chi connectivity index (χ0n) is 9.10. The van der Waals surface area contributed by atoms with Gasteiger partial charge in [-0.3, -0.25) is 0 Å². The summed E-state index contributed by atoms with van der Waals surface area (Å²) in [6, 6.07) is 0. The second kappa shape index (κ2) is 4.43. The molecule has 0 bridgehead atoms. The van der Waals surface area contributed by atoms with Gasteiger partial charge >= 0.3 is 5.97 Å². The fraction of sp³-hybridized carbons (Fsp3) is 0.417. The molecule has 0 fully saturated rings. The highest BCUT2D eigenvalue weighted by molar-refractivity contribution is 5.86. The minimum Gasteiger partial charge on any atom is -0.478 e. The maximum atomic E-state index is 10.9. The van der Waals surface area contributed by atoms with E-state index in [9.17, 15) is 4.79 Å². The van der Waals surface area contributed by atoms with Gasteiger partial charge in [-0.05, 0) is 12.5 Å². The van der Waals surface area contributed by atoms with Crippen LogP contribution in [0.25, 0.3) is 0 Å². The molecular weight excluding hydrogens is 208 g/mol. The van der Waals surface area contributed by atoms with Crippen LogP contribution in [0.1, 0.15) is 19.8 Å². The quantitative estimate of drug-likeness (QED) is 0.744. The highest BCUT2D eigenvalue weighted by Crippen LogP contribution is 2.30. The molecule has 1 unspecified atom stereocenters. The Morgan fingerprint density at radius 2 is 2.44 bits per heavy atom. The molecule has 2 rings (SSSR count). The van der Waals surface area contributed by atoms with Crippen LogP contribution in [0.5, 0.6) is 0 Å². The second-order valence-corrected chi connectivity index (χ2v) is 3.77. The van der Waals surface area contributed by atoms with Gasteiger partial charge in [0.25, 0.3) is 0 Å². The summed E-state index contributed by atoms with van der Waals surface area (Å²) < 4.78 is 10.5. The molecule has 1 atom stereocenters. The van der Waals surface area contributed by atoms with Crippen molar-refractivity contribution in [1.82, 2.24) is 0 Å². The number of aliphatic carboxylic acids is 1. The van der Waals surface area contributed by atoms with Gasteiger partial charge in [0, 0.05) is 17.9 Å². The van der Waals surface area contributed by atoms with Crippen LogP contribution in [-0.4, -0.2) is 17.9 Å². The van der Waals surface area contributed by atoms with Gasteiger partial charge in [-0.15, -0.1) is 0 Å². The van der Waals surface area contributed by atoms with Crippen molar-refractivity contribution >= 4 is 5.97 Å². The molecule has 1 aliphatic carbocycles. The van der Waals surface area contributed by atoms with Gasteiger partial charge in [0.15, 0.2) is 5.76 Å². The maximum Gasteiger partial charge on any atom is 0.331 e. The van der Waals surface area contributed by atoms with E-state index in [0.717, 1.165) is 11.5 Å². The van der Waals surface area contributed by atoms with E-state index in [0.29, 0.717) is 18.4 Å². The normalized spacial score (nSPS) is 23.8. The summed E-state index contributed by atoms with van der Waals surface area (Å²) in [6.45, 7) is 2.11. The van der Waals surface area contributed by atoms with Crippen molar-refractivity contribution in [2.45, 2.75) is 19.8 Å². The molecule has 0 aromatic rings. The molecule has 0 aromatic heterocycles. The van der Waals surface area contributed by atoms with Crippen molar-refractivity contribution < 1.29 is 19.4 Å². The molecule has 0 saturated heterocycles. The molecule has 0 aromatic carbocycles. The van der Waals surface area contributed by atoms with Crippen LogP contribution in [0.3, 0.4) is 0 Å². The van der Waals surface area contributed by atoms with E-state index >= 15 is 0 Å². The minimum absolute atomic E-state index is 0.0894. The fourth-order valence-electron chi connectivity index (χ4n) is 1.82. The first-order valence-electron chi connectivity index (χ1n) is 5.31. The van der Waals surface area contributed by atoms with E-state index in [-0.39, 0.29) is 12.7 Å². The van der Waals surface area contributed by atoms with Crippen molar-refractivity contribution in [3.63, 3.8) is 0 Å². The van der Waals surface area contributed by atoms with Crippen molar-refractivity contribution in [3.8, 4) is 0 Å². The summed E-state index contributed by atoms with van der Waals surface area (Å²) in [5, 5.41) is 8.93. The topological polar surface area (TPSA) is 55.8 Å². The summed E-state index contributed by atoms with van der Waals surface area (Å²) in [7, 11) is 0. The van der Waals surface area contributed by atoms with Gasteiger partial charge in [0.2, 0.25) is 6.79 Å². The molecule has 86 valence electrons. The number of ether oxygens (including phenoxy) is 2. The lowest BCUT2D eigenvalue weighted by atomic mass is 9.95. The maximum absolute atomic E-state index is 10.9. The Kier molecular flexibility index (Phi) is 2.99. The molecule has 0 radical (unpaired) electrons. The Balaban J connectivity index is 2.09. The third-order valence-corrected chi connectivity index (χ3v) is 2.71. The SMILES string of the molecule is CCC(=CC1C=CC2=C(C1)OCO2)C(=O)O. The zero-order chi connectivity index (χ0) is 11.5. The van der Waals surface area contributed by atoms with Crippen molar-refractivity contribution in [1.29, 1.82) is 0 Å². The van der Waals surface area contributed by atoms with Crippen molar-refractivity contribution in [2.24, 2.45) is 5.92 Å². The molecule has 4 nitrogen and oxygen atoms in total. The van der Waals surface area contributed by atoms with E-state index in [2.05, 4.69) is 0 Å². The Bertz CT molecular complexity index is 390. The number of carboxylic acid groups (broad SMARTS) is 1. The van der Waals surface area contributed by atoms with Crippen LogP contribution in [0.15, 0.2) is 35.3 Å². The smallest absolute Gasteiger partial charge is 0.331 e. The number of allylic oxidation sites excluding steroid dienone is 4. The Hall–Kier alpha value is -1.71. The first kappa shape index (κ1) is 10.8. The zero-order valence-corrected chi connectivity index (χ0v) is 9.10. The Labute approximate surface area is 93.9 Å². The molecule has 4 heteroatoms. The van der Waals surface area contributed by atoms with Gasteiger partial charge in [-0.2, -0.15) is 0 Å². The minimum atomic E-state index is -0.848. The van der Waals surface area contributed by atoms with E-state index in [4.69, 9.17) is 14.6 Å². The molecule has 16 heavy (non-hydrogen) atoms. The number of carbonyl (C=O) groups is 1. The summed E-state index contributed by atoms with van der Waals surface area (Å²) in [5.41, 5.74) is 0.442. The van der Waals surface area contributed by atoms with Gasteiger partial charge in [-0.1, -0.05) is 19.1 Å². The van der Waals surface area contributed by atoms with Crippen LogP contribution < -0.4 is 0 Å². The lowest BCUT2D eigenvalue weighted by Gasteiger charge is -2.13. The summed E-state index contributed by atoms with van der Waals surface area (Å²) in [5.74, 6) is 0.841. The van der Waals surface area contributed by atoms with Gasteiger partial charge < -0.3 is 14.6 Å². The van der Waals surface area contributed by atoms with Gasteiger partial charge in [0.1, 0.15) is 5.76 Å². The predicted molar refractivity (Wildman–Crippen MR) is 57.3 cm³/mol. The number of hydrogen-bond acceptors (Lipinski definition) is 3. The Morgan fingerprint density at radius 3 is 3.12 bits per heavy atom. The largest absolute Gasteiger partial charge is 0.478 e. The monoisotopic (exact) mass is 222 g/mol. The molecule has 1 heterocycles. The lowest BCUT2D eigenvalue weighted by molar-refractivity contribution is -0.132. The Morgan fingerprint density at radius 1 is 1.62 bits per heavy atom. The van der Waals surface area contributed by atoms with Crippen LogP contribution in [0, 0.1) is 5.92 Å². The molecule has 0 spiro atoms. The third-order valence-electron chi connectivity index (χ3n) is 2.71. The van der Waals surface area contributed by atoms with E-state index in [1.165, 1.54) is 0 Å². The van der Waals surface area contributed by atoms with Crippen LogP contribution >= 0.6 is 0 Å². The highest BCUT2D eigenvalue weighted by atomic mass is 16.7. The molecule has 1 aliphatic heterocycles. The van der Waals surface area contributed by atoms with E-state index in [1.807, 2.05) is 19.1 Å². The molecule has 1 N–H and O–H groups in total. The van der Waals surface area contributed by atoms with E-state index < -0.39 is 5.97 Å². The predicted octanol–water partition coefficient (Wildman–Crippen LogP) is 2.20. The van der Waals surface area contributed by atoms with Crippen LogP contribution in [0.2, 0.25) is 0 Å². The molecular formula is C12H14O4. The number of carboxylic acids is 1. The molecule has 0 saturated carbocycles. The van der Waals surface area contributed by atoms with Crippen molar-refractivity contribution in [3.05, 3.63) is 35.3 Å². The average molecular weight is 222 g/mol. The van der Waals surface area contributed by atoms with Crippen molar-refractivity contribution in [2.75, 3.05) is 6.79 Å². The third kappa shape index (κ3) is 2.10. The highest BCUT2D eigenvalue weighted by Gasteiger charge is 2.22. The first-order chi connectivity index (χ1) is 7.70. The van der Waals surface area contributed by atoms with Gasteiger partial charge in [-0.25, -0.2) is 4.79 Å². The van der Waals surface area contributed by atoms with Gasteiger partial charge in [0.05, 0.1) is 0 Å². The standard InChI is InChI=1S/C12H14O4/c1-2-9(12(13)14)5-8-3-4-10-11(6-8)16-7-15-10/h3-5,8H,2,6-7H2,1H3,(H,13,14). The average Bonchev–Trinajstić information content (AvgIpc) is 2.72. The summed E-state index contributed by atoms with van der Waals surface area (Å²) in [4.78, 5) is 10.9. The summed E-state index contributed by atoms with van der Waals surface area (Å²) >= 11 is 0. The fourth-order valence-corrected chi connectivity index (χ4v) is 1.82. The van der Waals surface area contributed by atoms with E-state index in [1.54, 1.807) is 6.08 Å². The van der Waals surface area contributed by atoms with Crippen LogP contribution in [-0.2, 0) is 14.3 Å². The first-order valence-corrected chi connectivity index (χ1v) is 5.31. The molecule has 0 amide bonds. The second-order valence-electron chi connectivity index (χ2n) is 3.77. The molecule has 2 aliphatic rings. The number of hydrogen-bond donors (Lipinski definition) is 1. The summed E-state index contributed by atoms with van der Waals surface area (Å²) in [6.07, 6.45) is 6.80. The number of rotatable bonds is 3. The lowest BCUT2D eigenvalue weighted by Crippen LogP contribution is -2.06.